The first-order valence-corrected chi connectivity index (χ1v) is 15.0. The molecule has 1 heterocycles. The van der Waals surface area contributed by atoms with Gasteiger partial charge in [0, 0.05) is 27.4 Å². The van der Waals surface area contributed by atoms with Crippen LogP contribution in [0.2, 0.25) is 20.1 Å². The van der Waals surface area contributed by atoms with E-state index in [2.05, 4.69) is 0 Å². The highest BCUT2D eigenvalue weighted by atomic mass is 35.5. The van der Waals surface area contributed by atoms with Crippen molar-refractivity contribution in [2.75, 3.05) is 6.54 Å². The van der Waals surface area contributed by atoms with Crippen molar-refractivity contribution in [1.82, 2.24) is 10.0 Å². The predicted octanol–water partition coefficient (Wildman–Crippen LogP) is 7.43. The summed E-state index contributed by atoms with van der Waals surface area (Å²) in [6, 6.07) is 24.2. The Morgan fingerprint density at radius 3 is 1.47 bits per heavy atom. The van der Waals surface area contributed by atoms with Crippen molar-refractivity contribution in [3.8, 4) is 0 Å². The van der Waals surface area contributed by atoms with Crippen LogP contribution < -0.4 is 0 Å². The number of amides is 3. The molecule has 43 heavy (non-hydrogen) atoms. The highest BCUT2D eigenvalue weighted by Gasteiger charge is 2.63. The second-order valence-corrected chi connectivity index (χ2v) is 12.5. The van der Waals surface area contributed by atoms with Gasteiger partial charge in [-0.1, -0.05) is 94.9 Å². The zero-order valence-electron chi connectivity index (χ0n) is 22.1. The zero-order chi connectivity index (χ0) is 30.2. The molecule has 0 aromatic heterocycles. The van der Waals surface area contributed by atoms with Crippen molar-refractivity contribution in [2.24, 2.45) is 11.8 Å². The van der Waals surface area contributed by atoms with Crippen molar-refractivity contribution in [1.29, 1.82) is 0 Å². The van der Waals surface area contributed by atoms with E-state index in [-0.39, 0.29) is 33.0 Å². The van der Waals surface area contributed by atoms with Crippen molar-refractivity contribution in [3.05, 3.63) is 138 Å². The number of nitrogens with zero attached hydrogens (tertiary/aromatic N) is 2. The van der Waals surface area contributed by atoms with Crippen LogP contribution in [0.15, 0.2) is 84.9 Å². The maximum Gasteiger partial charge on any atom is 0.274 e. The van der Waals surface area contributed by atoms with E-state index in [4.69, 9.17) is 46.4 Å². The fraction of sp³-hybridized carbons (Fsp3) is 0.152. The number of carbonyl (C=O) groups excluding carboxylic acids is 4. The van der Waals surface area contributed by atoms with Gasteiger partial charge in [0.05, 0.1) is 27.4 Å². The van der Waals surface area contributed by atoms with Gasteiger partial charge in [-0.05, 0) is 58.7 Å². The maximum atomic E-state index is 14.4. The second-order valence-electron chi connectivity index (χ2n) is 10.8. The van der Waals surface area contributed by atoms with Gasteiger partial charge in [0.2, 0.25) is 0 Å². The number of hydrazine groups is 1. The Morgan fingerprint density at radius 1 is 0.628 bits per heavy atom. The molecule has 0 N–H and O–H groups in total. The highest BCUT2D eigenvalue weighted by Crippen LogP contribution is 2.61. The average molecular weight is 650 g/mol. The average Bonchev–Trinajstić information content (AvgIpc) is 3.25. The number of hydrogen-bond acceptors (Lipinski definition) is 4. The molecule has 3 aliphatic carbocycles. The minimum Gasteiger partial charge on any atom is -0.292 e. The molecule has 2 bridgehead atoms. The topological polar surface area (TPSA) is 74.8 Å². The number of hydrogen-bond donors (Lipinski definition) is 0. The lowest BCUT2D eigenvalue weighted by atomic mass is 9.55. The van der Waals surface area contributed by atoms with E-state index in [1.54, 1.807) is 0 Å². The molecular formula is C33H20Cl4N2O4. The molecule has 0 radical (unpaired) electrons. The van der Waals surface area contributed by atoms with E-state index in [9.17, 15) is 19.2 Å². The first-order valence-electron chi connectivity index (χ1n) is 13.5. The molecule has 2 atom stereocenters. The second kappa shape index (κ2) is 10.5. The van der Waals surface area contributed by atoms with Crippen LogP contribution in [-0.2, 0) is 9.59 Å². The third-order valence-corrected chi connectivity index (χ3v) is 9.68. The minimum absolute atomic E-state index is 0.0101. The van der Waals surface area contributed by atoms with E-state index >= 15 is 0 Å². The van der Waals surface area contributed by atoms with Gasteiger partial charge in [-0.2, -0.15) is 5.01 Å². The Labute approximate surface area is 266 Å². The van der Waals surface area contributed by atoms with Crippen molar-refractivity contribution in [3.63, 3.8) is 0 Å². The molecule has 8 rings (SSSR count). The number of imide groups is 1. The number of rotatable bonds is 5. The zero-order valence-corrected chi connectivity index (χ0v) is 25.2. The van der Waals surface area contributed by atoms with Crippen LogP contribution >= 0.6 is 46.4 Å². The van der Waals surface area contributed by atoms with E-state index in [1.807, 2.05) is 48.5 Å². The third-order valence-electron chi connectivity index (χ3n) is 8.59. The SMILES string of the molecule is O=C(CN(C(=O)c1ccc(Cl)cc1Cl)N1C(=O)[C@H]2C3c4ccccc4C(c4ccccc43)[C@@H]2C1=O)c1ccc(Cl)cc1Cl. The van der Waals surface area contributed by atoms with Crippen molar-refractivity contribution < 1.29 is 19.2 Å². The van der Waals surface area contributed by atoms with Gasteiger partial charge in [-0.15, -0.1) is 0 Å². The normalized spacial score (nSPS) is 21.3. The monoisotopic (exact) mass is 648 g/mol. The lowest BCUT2D eigenvalue weighted by Gasteiger charge is -2.45. The van der Waals surface area contributed by atoms with Crippen molar-refractivity contribution >= 4 is 69.9 Å². The summed E-state index contributed by atoms with van der Waals surface area (Å²) in [5, 5.41) is 2.44. The summed E-state index contributed by atoms with van der Waals surface area (Å²) < 4.78 is 0. The number of Topliss-reactive ketones (excluding diaryl/α,β-unsaturated/α-hetero) is 1. The summed E-state index contributed by atoms with van der Waals surface area (Å²) in [5.74, 6) is -4.79. The first-order chi connectivity index (χ1) is 20.7. The van der Waals surface area contributed by atoms with Gasteiger partial charge in [0.25, 0.3) is 17.7 Å². The first kappa shape index (κ1) is 28.1. The van der Waals surface area contributed by atoms with Gasteiger partial charge in [0.15, 0.2) is 5.78 Å². The van der Waals surface area contributed by atoms with Crippen LogP contribution in [0.1, 0.15) is 54.8 Å². The Morgan fingerprint density at radius 2 is 1.05 bits per heavy atom. The number of benzene rings is 4. The fourth-order valence-electron chi connectivity index (χ4n) is 6.87. The summed E-state index contributed by atoms with van der Waals surface area (Å²) in [5.41, 5.74) is 4.00. The summed E-state index contributed by atoms with van der Waals surface area (Å²) in [6.45, 7) is -0.648. The summed E-state index contributed by atoms with van der Waals surface area (Å²) in [4.78, 5) is 56.6. The molecule has 4 aliphatic rings. The fourth-order valence-corrected chi connectivity index (χ4v) is 7.87. The molecule has 0 spiro atoms. The van der Waals surface area contributed by atoms with E-state index < -0.39 is 41.9 Å². The smallest absolute Gasteiger partial charge is 0.274 e. The molecule has 4 aromatic carbocycles. The van der Waals surface area contributed by atoms with E-state index in [0.29, 0.717) is 10.0 Å². The van der Waals surface area contributed by atoms with E-state index in [1.165, 1.54) is 36.4 Å². The number of halogens is 4. The molecule has 3 amide bonds. The lowest BCUT2D eigenvalue weighted by Crippen LogP contribution is -2.52. The van der Waals surface area contributed by atoms with E-state index in [0.717, 1.165) is 32.3 Å². The van der Waals surface area contributed by atoms with Gasteiger partial charge in [0.1, 0.15) is 6.54 Å². The largest absolute Gasteiger partial charge is 0.292 e. The maximum absolute atomic E-state index is 14.4. The number of carbonyl (C=O) groups is 4. The molecule has 1 aliphatic heterocycles. The Kier molecular flexibility index (Phi) is 6.86. The molecule has 214 valence electrons. The molecule has 10 heteroatoms. The van der Waals surface area contributed by atoms with Crippen LogP contribution in [0.25, 0.3) is 0 Å². The third kappa shape index (κ3) is 4.31. The molecule has 0 unspecified atom stereocenters. The molecular weight excluding hydrogens is 630 g/mol. The van der Waals surface area contributed by atoms with Gasteiger partial charge in [-0.25, -0.2) is 5.01 Å². The van der Waals surface area contributed by atoms with Gasteiger partial charge < -0.3 is 0 Å². The lowest BCUT2D eigenvalue weighted by molar-refractivity contribution is -0.154. The molecule has 4 aromatic rings. The summed E-state index contributed by atoms with van der Waals surface area (Å²) >= 11 is 24.8. The van der Waals surface area contributed by atoms with Crippen LogP contribution in [0.5, 0.6) is 0 Å². The molecule has 0 saturated carbocycles. The van der Waals surface area contributed by atoms with Crippen molar-refractivity contribution in [2.45, 2.75) is 11.8 Å². The predicted molar refractivity (Wildman–Crippen MR) is 164 cm³/mol. The Balaban J connectivity index is 1.34. The Bertz CT molecular complexity index is 1780. The van der Waals surface area contributed by atoms with Crippen LogP contribution in [0, 0.1) is 11.8 Å². The standard InChI is InChI=1S/C33H20Cl4N2O4/c34-16-9-11-22(24(36)13-16)26(40)15-38(31(41)23-12-10-17(35)14-25(23)37)39-32(42)29-27-18-5-1-2-6-19(18)28(30(29)33(39)43)21-8-4-3-7-20(21)27/h1-14,27-30H,15H2/t27?,28?,29-,30-/m0/s1. The quantitative estimate of drug-likeness (QED) is 0.166. The Hall–Kier alpha value is -3.68. The molecule has 1 fully saturated rings. The molecule has 1 saturated heterocycles. The van der Waals surface area contributed by atoms with Crippen LogP contribution in [0.3, 0.4) is 0 Å². The summed E-state index contributed by atoms with van der Waals surface area (Å²) in [6.07, 6.45) is 0. The minimum atomic E-state index is -0.803. The van der Waals surface area contributed by atoms with Gasteiger partial charge >= 0.3 is 0 Å². The van der Waals surface area contributed by atoms with Crippen LogP contribution in [-0.4, -0.2) is 40.1 Å². The highest BCUT2D eigenvalue weighted by molar-refractivity contribution is 6.37. The number of ketones is 1. The molecule has 6 nitrogen and oxygen atoms in total. The van der Waals surface area contributed by atoms with Gasteiger partial charge in [-0.3, -0.25) is 19.2 Å². The van der Waals surface area contributed by atoms with Crippen LogP contribution in [0.4, 0.5) is 0 Å². The summed E-state index contributed by atoms with van der Waals surface area (Å²) in [7, 11) is 0.